The van der Waals surface area contributed by atoms with Gasteiger partial charge in [0.25, 0.3) is 0 Å². The molecule has 4 nitrogen and oxygen atoms in total. The van der Waals surface area contributed by atoms with Gasteiger partial charge in [-0.1, -0.05) is 24.4 Å². The largest absolute Gasteiger partial charge is 0.501 e. The highest BCUT2D eigenvalue weighted by atomic mass is 16.5. The number of aliphatic hydroxyl groups excluding tert-OH is 1. The van der Waals surface area contributed by atoms with Gasteiger partial charge in [0.15, 0.2) is 5.76 Å². The van der Waals surface area contributed by atoms with Crippen LogP contribution in [0.4, 0.5) is 5.69 Å². The molecule has 0 heterocycles. The summed E-state index contributed by atoms with van der Waals surface area (Å²) in [6.07, 6.45) is 0. The molecule has 0 aliphatic carbocycles. The van der Waals surface area contributed by atoms with Gasteiger partial charge in [-0.05, 0) is 18.6 Å². The second-order valence-electron chi connectivity index (χ2n) is 2.74. The van der Waals surface area contributed by atoms with Crippen molar-refractivity contribution in [2.24, 2.45) is 0 Å². The predicted molar refractivity (Wildman–Crippen MR) is 54.9 cm³/mol. The number of rotatable bonds is 3. The Morgan fingerprint density at radius 2 is 2.21 bits per heavy atom. The maximum Gasteiger partial charge on any atom is 0.166 e. The number of anilines is 1. The van der Waals surface area contributed by atoms with Crippen molar-refractivity contribution in [1.29, 1.82) is 0 Å². The minimum atomic E-state index is -0.0101. The second-order valence-corrected chi connectivity index (χ2v) is 2.74. The first-order valence-corrected chi connectivity index (χ1v) is 4.04. The summed E-state index contributed by atoms with van der Waals surface area (Å²) in [5, 5.41) is 17.9. The summed E-state index contributed by atoms with van der Waals surface area (Å²) < 4.78 is 0. The van der Waals surface area contributed by atoms with E-state index in [2.05, 4.69) is 17.7 Å². The Morgan fingerprint density at radius 3 is 2.79 bits per heavy atom. The van der Waals surface area contributed by atoms with E-state index in [0.717, 1.165) is 5.56 Å². The molecule has 74 valence electrons. The zero-order valence-corrected chi connectivity index (χ0v) is 7.83. The third kappa shape index (κ3) is 1.95. The third-order valence-corrected chi connectivity index (χ3v) is 1.95. The second kappa shape index (κ2) is 4.48. The maximum atomic E-state index is 9.44. The molecule has 0 saturated carbocycles. The number of hydrogen-bond donors (Lipinski definition) is 4. The van der Waals surface area contributed by atoms with Gasteiger partial charge >= 0.3 is 0 Å². The van der Waals surface area contributed by atoms with Crippen LogP contribution in [0.5, 0.6) is 0 Å². The summed E-state index contributed by atoms with van der Waals surface area (Å²) in [7, 11) is 0. The Bertz CT molecular complexity index is 382. The molecular weight excluding hydrogens is 180 g/mol. The first kappa shape index (κ1) is 10.3. The Balaban J connectivity index is 3.20. The van der Waals surface area contributed by atoms with E-state index >= 15 is 0 Å². The average Bonchev–Trinajstić information content (AvgIpc) is 2.20. The SMILES string of the molecule is C=C=C(O)c1cccc(NNO)c1C. The molecule has 0 aromatic heterocycles. The standard InChI is InChI=1S/C10H12N2O2/c1-3-10(13)8-5-4-6-9(7(8)2)11-12-14/h4-6,11-14H,1H2,2H3. The molecule has 0 unspecified atom stereocenters. The van der Waals surface area contributed by atoms with E-state index in [4.69, 9.17) is 5.21 Å². The summed E-state index contributed by atoms with van der Waals surface area (Å²) in [6, 6.07) is 5.25. The van der Waals surface area contributed by atoms with Crippen LogP contribution in [-0.4, -0.2) is 10.3 Å². The van der Waals surface area contributed by atoms with Gasteiger partial charge in [-0.2, -0.15) is 0 Å². The van der Waals surface area contributed by atoms with Crippen LogP contribution < -0.4 is 11.0 Å². The molecule has 0 amide bonds. The normalized spacial score (nSPS) is 9.29. The van der Waals surface area contributed by atoms with Crippen LogP contribution >= 0.6 is 0 Å². The van der Waals surface area contributed by atoms with Crippen molar-refractivity contribution in [3.05, 3.63) is 41.6 Å². The smallest absolute Gasteiger partial charge is 0.166 e. The van der Waals surface area contributed by atoms with Crippen molar-refractivity contribution in [3.63, 3.8) is 0 Å². The lowest BCUT2D eigenvalue weighted by Gasteiger charge is -2.10. The van der Waals surface area contributed by atoms with Crippen molar-refractivity contribution in [2.45, 2.75) is 6.92 Å². The highest BCUT2D eigenvalue weighted by Gasteiger charge is 2.05. The highest BCUT2D eigenvalue weighted by Crippen LogP contribution is 2.22. The number of hydrazine groups is 1. The van der Waals surface area contributed by atoms with Gasteiger partial charge in [0, 0.05) is 5.56 Å². The van der Waals surface area contributed by atoms with E-state index in [1.54, 1.807) is 18.2 Å². The fourth-order valence-corrected chi connectivity index (χ4v) is 1.18. The summed E-state index contributed by atoms with van der Waals surface area (Å²) in [4.78, 5) is 0. The molecule has 4 heteroatoms. The Kier molecular flexibility index (Phi) is 3.31. The summed E-state index contributed by atoms with van der Waals surface area (Å²) in [5.74, 6) is -0.0101. The molecule has 0 aliphatic rings. The number of benzene rings is 1. The Hall–Kier alpha value is -1.74. The van der Waals surface area contributed by atoms with Crippen molar-refractivity contribution in [2.75, 3.05) is 5.43 Å². The van der Waals surface area contributed by atoms with E-state index in [1.807, 2.05) is 12.5 Å². The molecule has 4 N–H and O–H groups in total. The number of nitrogens with one attached hydrogen (secondary N) is 2. The lowest BCUT2D eigenvalue weighted by atomic mass is 10.1. The van der Waals surface area contributed by atoms with Crippen LogP contribution in [0.1, 0.15) is 11.1 Å². The van der Waals surface area contributed by atoms with Gasteiger partial charge in [-0.15, -0.1) is 5.59 Å². The van der Waals surface area contributed by atoms with Crippen LogP contribution in [0.2, 0.25) is 0 Å². The molecule has 0 fully saturated rings. The van der Waals surface area contributed by atoms with Crippen molar-refractivity contribution in [3.8, 4) is 0 Å². The van der Waals surface area contributed by atoms with Gasteiger partial charge in [0.2, 0.25) is 0 Å². The number of hydrogen-bond acceptors (Lipinski definition) is 4. The Morgan fingerprint density at radius 1 is 1.50 bits per heavy atom. The summed E-state index contributed by atoms with van der Waals surface area (Å²) in [6.45, 7) is 5.16. The van der Waals surface area contributed by atoms with Gasteiger partial charge in [-0.25, -0.2) is 0 Å². The van der Waals surface area contributed by atoms with E-state index < -0.39 is 0 Å². The molecule has 1 aromatic carbocycles. The molecule has 0 spiro atoms. The van der Waals surface area contributed by atoms with Crippen molar-refractivity contribution < 1.29 is 10.3 Å². The van der Waals surface area contributed by atoms with Crippen molar-refractivity contribution in [1.82, 2.24) is 5.59 Å². The summed E-state index contributed by atoms with van der Waals surface area (Å²) >= 11 is 0. The van der Waals surface area contributed by atoms with Gasteiger partial charge < -0.3 is 5.11 Å². The fourth-order valence-electron chi connectivity index (χ4n) is 1.18. The third-order valence-electron chi connectivity index (χ3n) is 1.95. The minimum Gasteiger partial charge on any atom is -0.501 e. The molecule has 0 radical (unpaired) electrons. The lowest BCUT2D eigenvalue weighted by molar-refractivity contribution is 0.192. The van der Waals surface area contributed by atoms with Crippen LogP contribution in [0.25, 0.3) is 5.76 Å². The molecule has 1 rings (SSSR count). The topological polar surface area (TPSA) is 64.5 Å². The zero-order chi connectivity index (χ0) is 10.6. The fraction of sp³-hybridized carbons (Fsp3) is 0.100. The maximum absolute atomic E-state index is 9.44. The van der Waals surface area contributed by atoms with Crippen LogP contribution in [0, 0.1) is 6.92 Å². The predicted octanol–water partition coefficient (Wildman–Crippen LogP) is 1.98. The van der Waals surface area contributed by atoms with Gasteiger partial charge in [-0.3, -0.25) is 10.6 Å². The van der Waals surface area contributed by atoms with Gasteiger partial charge in [0.1, 0.15) is 0 Å². The summed E-state index contributed by atoms with van der Waals surface area (Å²) in [5.41, 5.74) is 8.86. The average molecular weight is 192 g/mol. The lowest BCUT2D eigenvalue weighted by Crippen LogP contribution is -2.17. The van der Waals surface area contributed by atoms with E-state index in [1.165, 1.54) is 0 Å². The van der Waals surface area contributed by atoms with Crippen LogP contribution in [0.15, 0.2) is 30.5 Å². The van der Waals surface area contributed by atoms with E-state index in [-0.39, 0.29) is 5.76 Å². The first-order valence-electron chi connectivity index (χ1n) is 4.04. The van der Waals surface area contributed by atoms with E-state index in [0.29, 0.717) is 11.3 Å². The first-order chi connectivity index (χ1) is 6.70. The molecule has 0 bridgehead atoms. The van der Waals surface area contributed by atoms with Crippen molar-refractivity contribution >= 4 is 11.4 Å². The van der Waals surface area contributed by atoms with Gasteiger partial charge in [0.05, 0.1) is 5.69 Å². The quantitative estimate of drug-likeness (QED) is 0.336. The number of aliphatic hydroxyl groups is 1. The molecule has 0 aliphatic heterocycles. The van der Waals surface area contributed by atoms with E-state index in [9.17, 15) is 5.11 Å². The van der Waals surface area contributed by atoms with Crippen LogP contribution in [0.3, 0.4) is 0 Å². The monoisotopic (exact) mass is 192 g/mol. The molecular formula is C10H12N2O2. The molecule has 14 heavy (non-hydrogen) atoms. The molecule has 0 atom stereocenters. The zero-order valence-electron chi connectivity index (χ0n) is 7.83. The minimum absolute atomic E-state index is 0.0101. The van der Waals surface area contributed by atoms with Crippen LogP contribution in [-0.2, 0) is 0 Å². The molecule has 1 aromatic rings. The molecule has 0 saturated heterocycles. The highest BCUT2D eigenvalue weighted by molar-refractivity contribution is 5.67. The Labute approximate surface area is 82.1 Å².